The van der Waals surface area contributed by atoms with E-state index in [-0.39, 0.29) is 18.9 Å². The number of halogens is 1. The summed E-state index contributed by atoms with van der Waals surface area (Å²) < 4.78 is 0. The van der Waals surface area contributed by atoms with E-state index < -0.39 is 6.29 Å². The average molecular weight is 230 g/mol. The lowest BCUT2D eigenvalue weighted by atomic mass is 9.96. The molecule has 1 aromatic carbocycles. The molecule has 0 saturated heterocycles. The van der Waals surface area contributed by atoms with Gasteiger partial charge in [-0.1, -0.05) is 28.9 Å². The topological polar surface area (TPSA) is 69.9 Å². The molecule has 82 valence electrons. The van der Waals surface area contributed by atoms with Gasteiger partial charge in [-0.05, 0) is 17.7 Å². The Morgan fingerprint density at radius 3 is 2.33 bits per heavy atom. The summed E-state index contributed by atoms with van der Waals surface area (Å²) in [5.74, 6) is -0.278. The first-order valence-electron chi connectivity index (χ1n) is 4.54. The van der Waals surface area contributed by atoms with Crippen LogP contribution in [0.4, 0.5) is 0 Å². The van der Waals surface area contributed by atoms with Gasteiger partial charge < -0.3 is 10.2 Å². The Morgan fingerprint density at radius 2 is 1.87 bits per heavy atom. The molecule has 2 N–H and O–H groups in total. The molecule has 1 aromatic rings. The number of nitrogens with zero attached hydrogens (tertiary/aromatic N) is 1. The maximum absolute atomic E-state index is 10.2. The smallest absolute Gasteiger partial charge is 0.152 e. The Balaban J connectivity index is 2.78. The maximum atomic E-state index is 10.2. The minimum atomic E-state index is -1.44. The van der Waals surface area contributed by atoms with Crippen LogP contribution in [0.1, 0.15) is 17.9 Å². The molecule has 0 aliphatic rings. The lowest BCUT2D eigenvalue weighted by Gasteiger charge is -2.14. The van der Waals surface area contributed by atoms with Crippen LogP contribution in [-0.4, -0.2) is 23.0 Å². The third-order valence-corrected chi connectivity index (χ3v) is 2.38. The Kier molecular flexibility index (Phi) is 4.68. The highest BCUT2D eigenvalue weighted by molar-refractivity contribution is 6.30. The fourth-order valence-electron chi connectivity index (χ4n) is 1.40. The molecular weight excluding hydrogens is 218 g/mol. The Bertz CT molecular complexity index is 313. The zero-order chi connectivity index (χ0) is 11.3. The van der Waals surface area contributed by atoms with E-state index in [1.54, 1.807) is 24.3 Å². The molecule has 0 unspecified atom stereocenters. The van der Waals surface area contributed by atoms with Crippen LogP contribution in [0.3, 0.4) is 0 Å². The lowest BCUT2D eigenvalue weighted by Crippen LogP contribution is -2.13. The van der Waals surface area contributed by atoms with Crippen molar-refractivity contribution in [2.45, 2.75) is 18.6 Å². The molecule has 0 spiro atoms. The fourth-order valence-corrected chi connectivity index (χ4v) is 1.52. The number of rotatable bonds is 5. The van der Waals surface area contributed by atoms with Crippen LogP contribution in [0.15, 0.2) is 29.4 Å². The van der Waals surface area contributed by atoms with E-state index in [0.29, 0.717) is 5.02 Å². The molecular formula is C10H12ClNO3. The molecule has 0 radical (unpaired) electrons. The van der Waals surface area contributed by atoms with Gasteiger partial charge in [-0.15, -0.1) is 0 Å². The van der Waals surface area contributed by atoms with Gasteiger partial charge in [-0.3, -0.25) is 0 Å². The van der Waals surface area contributed by atoms with Gasteiger partial charge in [-0.25, -0.2) is 0 Å². The van der Waals surface area contributed by atoms with Crippen LogP contribution >= 0.6 is 11.6 Å². The molecule has 0 aliphatic carbocycles. The highest BCUT2D eigenvalue weighted by Crippen LogP contribution is 2.23. The predicted octanol–water partition coefficient (Wildman–Crippen LogP) is 1.89. The van der Waals surface area contributed by atoms with E-state index in [1.807, 2.05) is 0 Å². The standard InChI is InChI=1S/C10H12ClNO3/c11-9-3-1-7(2-4-9)8(6-12-15)5-10(13)14/h1-4,8,10,13-14H,5-6H2/t8-/m1/s1. The van der Waals surface area contributed by atoms with Gasteiger partial charge in [0.25, 0.3) is 0 Å². The fraction of sp³-hybridized carbons (Fsp3) is 0.400. The van der Waals surface area contributed by atoms with Crippen molar-refractivity contribution in [1.82, 2.24) is 0 Å². The molecule has 5 heteroatoms. The molecule has 15 heavy (non-hydrogen) atoms. The Hall–Kier alpha value is -0.970. The zero-order valence-corrected chi connectivity index (χ0v) is 8.76. The monoisotopic (exact) mass is 229 g/mol. The van der Waals surface area contributed by atoms with Crippen molar-refractivity contribution in [2.75, 3.05) is 6.54 Å². The van der Waals surface area contributed by atoms with Crippen molar-refractivity contribution in [1.29, 1.82) is 0 Å². The van der Waals surface area contributed by atoms with E-state index in [0.717, 1.165) is 5.56 Å². The predicted molar refractivity (Wildman–Crippen MR) is 57.7 cm³/mol. The highest BCUT2D eigenvalue weighted by Gasteiger charge is 2.15. The van der Waals surface area contributed by atoms with Crippen molar-refractivity contribution >= 4 is 11.6 Å². The summed E-state index contributed by atoms with van der Waals surface area (Å²) in [6, 6.07) is 6.89. The van der Waals surface area contributed by atoms with E-state index in [2.05, 4.69) is 5.18 Å². The Morgan fingerprint density at radius 1 is 1.27 bits per heavy atom. The molecule has 1 atom stereocenters. The number of nitroso groups, excluding NO2 is 1. The van der Waals surface area contributed by atoms with E-state index >= 15 is 0 Å². The third kappa shape index (κ3) is 3.95. The molecule has 0 heterocycles. The first kappa shape index (κ1) is 12.1. The number of hydrogen-bond donors (Lipinski definition) is 2. The molecule has 0 bridgehead atoms. The molecule has 0 aromatic heterocycles. The van der Waals surface area contributed by atoms with Crippen LogP contribution < -0.4 is 0 Å². The summed E-state index contributed by atoms with van der Waals surface area (Å²) in [6.07, 6.45) is -1.35. The quantitative estimate of drug-likeness (QED) is 0.598. The largest absolute Gasteiger partial charge is 0.368 e. The van der Waals surface area contributed by atoms with Gasteiger partial charge in [0, 0.05) is 17.4 Å². The summed E-state index contributed by atoms with van der Waals surface area (Å²) in [6.45, 7) is 0.0270. The second-order valence-corrected chi connectivity index (χ2v) is 3.71. The average Bonchev–Trinajstić information content (AvgIpc) is 2.17. The van der Waals surface area contributed by atoms with E-state index in [4.69, 9.17) is 21.8 Å². The number of benzene rings is 1. The van der Waals surface area contributed by atoms with Gasteiger partial charge in [0.15, 0.2) is 6.29 Å². The third-order valence-electron chi connectivity index (χ3n) is 2.13. The van der Waals surface area contributed by atoms with Crippen LogP contribution in [0, 0.1) is 4.91 Å². The SMILES string of the molecule is O=NC[C@@H](CC(O)O)c1ccc(Cl)cc1. The summed E-state index contributed by atoms with van der Waals surface area (Å²) in [4.78, 5) is 10.2. The summed E-state index contributed by atoms with van der Waals surface area (Å²) in [5.41, 5.74) is 0.826. The van der Waals surface area contributed by atoms with Crippen molar-refractivity contribution in [3.63, 3.8) is 0 Å². The number of aliphatic hydroxyl groups excluding tert-OH is 1. The van der Waals surface area contributed by atoms with E-state index in [1.165, 1.54) is 0 Å². The Labute approximate surface area is 92.5 Å². The highest BCUT2D eigenvalue weighted by atomic mass is 35.5. The van der Waals surface area contributed by atoms with Crippen LogP contribution in [-0.2, 0) is 0 Å². The normalized spacial score (nSPS) is 12.8. The number of hydrogen-bond acceptors (Lipinski definition) is 4. The first-order valence-corrected chi connectivity index (χ1v) is 4.92. The van der Waals surface area contributed by atoms with Gasteiger partial charge >= 0.3 is 0 Å². The van der Waals surface area contributed by atoms with Gasteiger partial charge in [0.2, 0.25) is 0 Å². The van der Waals surface area contributed by atoms with Gasteiger partial charge in [0.05, 0.1) is 6.54 Å². The van der Waals surface area contributed by atoms with Gasteiger partial charge in [-0.2, -0.15) is 4.91 Å². The molecule has 0 fully saturated rings. The van der Waals surface area contributed by atoms with Crippen LogP contribution in [0.25, 0.3) is 0 Å². The van der Waals surface area contributed by atoms with Crippen molar-refractivity contribution in [3.05, 3.63) is 39.8 Å². The minimum Gasteiger partial charge on any atom is -0.368 e. The molecule has 4 nitrogen and oxygen atoms in total. The maximum Gasteiger partial charge on any atom is 0.152 e. The van der Waals surface area contributed by atoms with Crippen LogP contribution in [0.2, 0.25) is 5.02 Å². The molecule has 0 amide bonds. The summed E-state index contributed by atoms with van der Waals surface area (Å²) in [7, 11) is 0. The second kappa shape index (κ2) is 5.80. The van der Waals surface area contributed by atoms with Crippen molar-refractivity contribution in [3.8, 4) is 0 Å². The lowest BCUT2D eigenvalue weighted by molar-refractivity contribution is -0.0493. The zero-order valence-electron chi connectivity index (χ0n) is 8.01. The van der Waals surface area contributed by atoms with E-state index in [9.17, 15) is 4.91 Å². The summed E-state index contributed by atoms with van der Waals surface area (Å²) >= 11 is 5.72. The number of aliphatic hydroxyl groups is 2. The summed E-state index contributed by atoms with van der Waals surface area (Å²) in [5, 5.41) is 21.1. The minimum absolute atomic E-state index is 0.0270. The molecule has 1 rings (SSSR count). The van der Waals surface area contributed by atoms with Crippen molar-refractivity contribution in [2.24, 2.45) is 5.18 Å². The second-order valence-electron chi connectivity index (χ2n) is 3.28. The molecule has 0 saturated carbocycles. The van der Waals surface area contributed by atoms with Gasteiger partial charge in [0.1, 0.15) is 0 Å². The molecule has 0 aliphatic heterocycles. The first-order chi connectivity index (χ1) is 7.13. The van der Waals surface area contributed by atoms with Crippen molar-refractivity contribution < 1.29 is 10.2 Å². The van der Waals surface area contributed by atoms with Crippen LogP contribution in [0.5, 0.6) is 0 Å².